The normalized spacial score (nSPS) is 10.7. The van der Waals surface area contributed by atoms with Gasteiger partial charge in [-0.1, -0.05) is 23.2 Å². The van der Waals surface area contributed by atoms with Crippen LogP contribution in [-0.2, 0) is 0 Å². The quantitative estimate of drug-likeness (QED) is 0.572. The maximum Gasteiger partial charge on any atom is 0.231 e. The van der Waals surface area contributed by atoms with Crippen molar-refractivity contribution in [1.29, 1.82) is 0 Å². The topological polar surface area (TPSA) is 71.9 Å². The summed E-state index contributed by atoms with van der Waals surface area (Å²) in [7, 11) is 0. The number of carbonyl (C=O) groups is 1. The fourth-order valence-corrected chi connectivity index (χ4v) is 2.80. The number of carbonyl (C=O) groups excluding carboxylic acids is 1. The van der Waals surface area contributed by atoms with E-state index in [1.807, 2.05) is 18.7 Å². The monoisotopic (exact) mass is 401 g/mol. The predicted molar refractivity (Wildman–Crippen MR) is 107 cm³/mol. The van der Waals surface area contributed by atoms with Crippen molar-refractivity contribution in [2.45, 2.75) is 13.8 Å². The average Bonchev–Trinajstić information content (AvgIpc) is 2.71. The molecule has 27 heavy (non-hydrogen) atoms. The number of hydrogen-bond donors (Lipinski definition) is 0. The summed E-state index contributed by atoms with van der Waals surface area (Å²) in [6.45, 7) is 5.38. The van der Waals surface area contributed by atoms with Crippen LogP contribution in [0.2, 0.25) is 10.0 Å². The second kappa shape index (κ2) is 8.41. The second-order valence-electron chi connectivity index (χ2n) is 5.65. The van der Waals surface area contributed by atoms with Gasteiger partial charge in [0, 0.05) is 36.6 Å². The lowest BCUT2D eigenvalue weighted by atomic mass is 10.1. The molecule has 8 heteroatoms. The molecule has 2 aromatic heterocycles. The number of rotatable bonds is 6. The standard InChI is InChI=1S/C19H17Cl2N5O/c1-3-26(4-2)19-24-17(12-7-8-14(20)15(21)10-12)23-18(25-19)16(27)13-6-5-9-22-11-13/h5-11H,3-4H2,1-2H3. The molecule has 3 rings (SSSR count). The summed E-state index contributed by atoms with van der Waals surface area (Å²) in [5.41, 5.74) is 1.06. The van der Waals surface area contributed by atoms with Crippen LogP contribution in [0, 0.1) is 0 Å². The van der Waals surface area contributed by atoms with Gasteiger partial charge in [-0.2, -0.15) is 9.97 Å². The van der Waals surface area contributed by atoms with Gasteiger partial charge in [0.25, 0.3) is 0 Å². The van der Waals surface area contributed by atoms with Crippen molar-refractivity contribution >= 4 is 34.9 Å². The average molecular weight is 402 g/mol. The van der Waals surface area contributed by atoms with Crippen LogP contribution in [0.3, 0.4) is 0 Å². The summed E-state index contributed by atoms with van der Waals surface area (Å²) >= 11 is 12.1. The van der Waals surface area contributed by atoms with Crippen LogP contribution in [0.25, 0.3) is 11.4 Å². The van der Waals surface area contributed by atoms with Gasteiger partial charge in [0.15, 0.2) is 5.82 Å². The van der Waals surface area contributed by atoms with Crippen LogP contribution in [0.15, 0.2) is 42.7 Å². The molecule has 138 valence electrons. The third-order valence-electron chi connectivity index (χ3n) is 3.97. The zero-order valence-corrected chi connectivity index (χ0v) is 16.4. The summed E-state index contributed by atoms with van der Waals surface area (Å²) in [5.74, 6) is 0.530. The Hall–Kier alpha value is -2.57. The van der Waals surface area contributed by atoms with Crippen LogP contribution in [0.4, 0.5) is 5.95 Å². The van der Waals surface area contributed by atoms with Gasteiger partial charge in [0.2, 0.25) is 17.6 Å². The number of benzene rings is 1. The fourth-order valence-electron chi connectivity index (χ4n) is 2.50. The molecule has 0 saturated carbocycles. The highest BCUT2D eigenvalue weighted by molar-refractivity contribution is 6.42. The lowest BCUT2D eigenvalue weighted by Crippen LogP contribution is -2.26. The Balaban J connectivity index is 2.14. The van der Waals surface area contributed by atoms with E-state index in [2.05, 4.69) is 19.9 Å². The molecule has 0 unspecified atom stereocenters. The first-order valence-corrected chi connectivity index (χ1v) is 9.20. The third kappa shape index (κ3) is 4.23. The van der Waals surface area contributed by atoms with Gasteiger partial charge in [-0.05, 0) is 44.2 Å². The first-order valence-electron chi connectivity index (χ1n) is 8.44. The van der Waals surface area contributed by atoms with Crippen LogP contribution < -0.4 is 4.90 Å². The highest BCUT2D eigenvalue weighted by Gasteiger charge is 2.19. The lowest BCUT2D eigenvalue weighted by molar-refractivity contribution is 0.102. The summed E-state index contributed by atoms with van der Waals surface area (Å²) in [6, 6.07) is 8.47. The highest BCUT2D eigenvalue weighted by Crippen LogP contribution is 2.27. The van der Waals surface area contributed by atoms with Gasteiger partial charge < -0.3 is 4.90 Å². The van der Waals surface area contributed by atoms with Crippen molar-refractivity contribution in [3.05, 3.63) is 64.2 Å². The van der Waals surface area contributed by atoms with E-state index < -0.39 is 0 Å². The van der Waals surface area contributed by atoms with Crippen molar-refractivity contribution in [2.75, 3.05) is 18.0 Å². The van der Waals surface area contributed by atoms with E-state index in [1.54, 1.807) is 36.5 Å². The fraction of sp³-hybridized carbons (Fsp3) is 0.211. The molecule has 0 aliphatic heterocycles. The van der Waals surface area contributed by atoms with Crippen molar-refractivity contribution < 1.29 is 4.79 Å². The van der Waals surface area contributed by atoms with E-state index in [1.165, 1.54) is 6.20 Å². The molecular weight excluding hydrogens is 385 g/mol. The zero-order chi connectivity index (χ0) is 19.4. The van der Waals surface area contributed by atoms with E-state index >= 15 is 0 Å². The van der Waals surface area contributed by atoms with Crippen LogP contribution in [0.1, 0.15) is 30.0 Å². The first kappa shape index (κ1) is 19.2. The van der Waals surface area contributed by atoms with Crippen molar-refractivity contribution in [3.63, 3.8) is 0 Å². The minimum atomic E-state index is -0.319. The minimum absolute atomic E-state index is 0.0565. The number of aromatic nitrogens is 4. The van der Waals surface area contributed by atoms with Crippen LogP contribution in [-0.4, -0.2) is 38.8 Å². The van der Waals surface area contributed by atoms with Gasteiger partial charge in [-0.25, -0.2) is 4.98 Å². The van der Waals surface area contributed by atoms with E-state index in [-0.39, 0.29) is 11.6 Å². The summed E-state index contributed by atoms with van der Waals surface area (Å²) in [6.07, 6.45) is 3.09. The van der Waals surface area contributed by atoms with E-state index in [0.717, 1.165) is 0 Å². The Morgan fingerprint density at radius 2 is 1.81 bits per heavy atom. The molecule has 6 nitrogen and oxygen atoms in total. The summed E-state index contributed by atoms with van der Waals surface area (Å²) in [4.78, 5) is 32.1. The maximum absolute atomic E-state index is 12.8. The summed E-state index contributed by atoms with van der Waals surface area (Å²) in [5, 5.41) is 0.823. The SMILES string of the molecule is CCN(CC)c1nc(C(=O)c2cccnc2)nc(-c2ccc(Cl)c(Cl)c2)n1. The van der Waals surface area contributed by atoms with E-state index in [4.69, 9.17) is 23.2 Å². The highest BCUT2D eigenvalue weighted by atomic mass is 35.5. The Morgan fingerprint density at radius 3 is 2.44 bits per heavy atom. The molecule has 0 spiro atoms. The molecule has 0 bridgehead atoms. The molecule has 1 aromatic carbocycles. The van der Waals surface area contributed by atoms with Gasteiger partial charge >= 0.3 is 0 Å². The molecule has 0 saturated heterocycles. The van der Waals surface area contributed by atoms with Gasteiger partial charge in [0.05, 0.1) is 10.0 Å². The Labute approximate surface area is 167 Å². The molecule has 0 aliphatic carbocycles. The number of pyridine rings is 1. The number of hydrogen-bond acceptors (Lipinski definition) is 6. The minimum Gasteiger partial charge on any atom is -0.341 e. The maximum atomic E-state index is 12.8. The van der Waals surface area contributed by atoms with Crippen LogP contribution >= 0.6 is 23.2 Å². The van der Waals surface area contributed by atoms with E-state index in [0.29, 0.717) is 46.0 Å². The molecule has 0 radical (unpaired) electrons. The number of ketones is 1. The Kier molecular flexibility index (Phi) is 5.98. The number of halogens is 2. The van der Waals surface area contributed by atoms with E-state index in [9.17, 15) is 4.79 Å². The Morgan fingerprint density at radius 1 is 1.04 bits per heavy atom. The van der Waals surface area contributed by atoms with Crippen molar-refractivity contribution in [3.8, 4) is 11.4 Å². The first-order chi connectivity index (χ1) is 13.0. The van der Waals surface area contributed by atoms with Crippen molar-refractivity contribution in [1.82, 2.24) is 19.9 Å². The largest absolute Gasteiger partial charge is 0.341 e. The molecule has 0 atom stereocenters. The molecule has 0 aliphatic rings. The molecular formula is C19H17Cl2N5O. The van der Waals surface area contributed by atoms with Crippen molar-refractivity contribution in [2.24, 2.45) is 0 Å². The molecule has 2 heterocycles. The summed E-state index contributed by atoms with van der Waals surface area (Å²) < 4.78 is 0. The molecule has 0 N–H and O–H groups in total. The third-order valence-corrected chi connectivity index (χ3v) is 4.71. The Bertz CT molecular complexity index is 962. The predicted octanol–water partition coefficient (Wildman–Crippen LogP) is 4.32. The second-order valence-corrected chi connectivity index (χ2v) is 6.47. The molecule has 0 fully saturated rings. The zero-order valence-electron chi connectivity index (χ0n) is 14.9. The van der Waals surface area contributed by atoms with Gasteiger partial charge in [-0.15, -0.1) is 0 Å². The van der Waals surface area contributed by atoms with Crippen LogP contribution in [0.5, 0.6) is 0 Å². The lowest BCUT2D eigenvalue weighted by Gasteiger charge is -2.19. The number of anilines is 1. The molecule has 0 amide bonds. The number of nitrogens with zero attached hydrogens (tertiary/aromatic N) is 5. The van der Waals surface area contributed by atoms with Gasteiger partial charge in [-0.3, -0.25) is 9.78 Å². The van der Waals surface area contributed by atoms with Gasteiger partial charge in [0.1, 0.15) is 0 Å². The molecule has 3 aromatic rings. The smallest absolute Gasteiger partial charge is 0.231 e.